The van der Waals surface area contributed by atoms with Crippen molar-refractivity contribution in [2.75, 3.05) is 11.9 Å². The molecule has 0 saturated carbocycles. The molecule has 0 atom stereocenters. The SMILES string of the molecule is Cc1ccn(CCCNC(=S)Nc2ccc(Cl)c(Cl)c2)n1. The van der Waals surface area contributed by atoms with Gasteiger partial charge in [-0.15, -0.1) is 0 Å². The van der Waals surface area contributed by atoms with Crippen LogP contribution in [0.25, 0.3) is 0 Å². The summed E-state index contributed by atoms with van der Waals surface area (Å²) >= 11 is 17.0. The number of benzene rings is 1. The van der Waals surface area contributed by atoms with Crippen LogP contribution in [0, 0.1) is 6.92 Å². The number of nitrogens with zero attached hydrogens (tertiary/aromatic N) is 2. The zero-order valence-electron chi connectivity index (χ0n) is 11.6. The fraction of sp³-hybridized carbons (Fsp3) is 0.286. The van der Waals surface area contributed by atoms with E-state index in [1.54, 1.807) is 12.1 Å². The molecule has 2 aromatic rings. The highest BCUT2D eigenvalue weighted by atomic mass is 35.5. The minimum Gasteiger partial charge on any atom is -0.362 e. The lowest BCUT2D eigenvalue weighted by atomic mass is 10.3. The molecule has 0 aliphatic heterocycles. The number of thiocarbonyl (C=S) groups is 1. The van der Waals surface area contributed by atoms with E-state index < -0.39 is 0 Å². The third-order valence-electron chi connectivity index (χ3n) is 2.80. The normalized spacial score (nSPS) is 10.4. The van der Waals surface area contributed by atoms with Gasteiger partial charge in [-0.1, -0.05) is 23.2 Å². The van der Waals surface area contributed by atoms with Crippen molar-refractivity contribution in [3.8, 4) is 0 Å². The molecule has 0 fully saturated rings. The topological polar surface area (TPSA) is 41.9 Å². The number of aromatic nitrogens is 2. The fourth-order valence-electron chi connectivity index (χ4n) is 1.78. The van der Waals surface area contributed by atoms with E-state index in [1.807, 2.05) is 29.9 Å². The third kappa shape index (κ3) is 5.19. The minimum absolute atomic E-state index is 0.499. The van der Waals surface area contributed by atoms with Crippen LogP contribution >= 0.6 is 35.4 Å². The molecule has 0 unspecified atom stereocenters. The first-order valence-electron chi connectivity index (χ1n) is 6.54. The van der Waals surface area contributed by atoms with Crippen molar-refractivity contribution in [3.63, 3.8) is 0 Å². The first-order chi connectivity index (χ1) is 10.0. The summed E-state index contributed by atoms with van der Waals surface area (Å²) in [5.74, 6) is 0. The molecule has 1 heterocycles. The molecule has 2 rings (SSSR count). The zero-order valence-corrected chi connectivity index (χ0v) is 13.9. The van der Waals surface area contributed by atoms with Gasteiger partial charge in [0.05, 0.1) is 15.7 Å². The molecule has 1 aromatic heterocycles. The second kappa shape index (κ2) is 7.64. The number of anilines is 1. The Kier molecular flexibility index (Phi) is 5.85. The Labute approximate surface area is 139 Å². The lowest BCUT2D eigenvalue weighted by Gasteiger charge is -2.11. The molecule has 112 valence electrons. The maximum Gasteiger partial charge on any atom is 0.170 e. The Morgan fingerprint density at radius 2 is 2.10 bits per heavy atom. The smallest absolute Gasteiger partial charge is 0.170 e. The zero-order chi connectivity index (χ0) is 15.2. The second-order valence-electron chi connectivity index (χ2n) is 4.58. The number of nitrogens with one attached hydrogen (secondary N) is 2. The molecular weight excluding hydrogens is 327 g/mol. The predicted molar refractivity (Wildman–Crippen MR) is 92.3 cm³/mol. The van der Waals surface area contributed by atoms with Crippen LogP contribution in [-0.4, -0.2) is 21.4 Å². The summed E-state index contributed by atoms with van der Waals surface area (Å²) in [4.78, 5) is 0. The van der Waals surface area contributed by atoms with E-state index in [-0.39, 0.29) is 0 Å². The third-order valence-corrected chi connectivity index (χ3v) is 3.79. The monoisotopic (exact) mass is 342 g/mol. The van der Waals surface area contributed by atoms with Crippen LogP contribution in [0.1, 0.15) is 12.1 Å². The summed E-state index contributed by atoms with van der Waals surface area (Å²) in [6.45, 7) is 3.60. The highest BCUT2D eigenvalue weighted by Crippen LogP contribution is 2.24. The van der Waals surface area contributed by atoms with E-state index in [1.165, 1.54) is 0 Å². The Morgan fingerprint density at radius 3 is 2.76 bits per heavy atom. The summed E-state index contributed by atoms with van der Waals surface area (Å²) in [5.41, 5.74) is 1.84. The average Bonchev–Trinajstić information content (AvgIpc) is 2.85. The molecule has 4 nitrogen and oxygen atoms in total. The maximum absolute atomic E-state index is 5.95. The van der Waals surface area contributed by atoms with Gasteiger partial charge in [-0.2, -0.15) is 5.10 Å². The molecule has 0 radical (unpaired) electrons. The highest BCUT2D eigenvalue weighted by molar-refractivity contribution is 7.80. The number of hydrogen-bond acceptors (Lipinski definition) is 2. The van der Waals surface area contributed by atoms with Crippen molar-refractivity contribution in [3.05, 3.63) is 46.2 Å². The van der Waals surface area contributed by atoms with Crippen LogP contribution in [0.2, 0.25) is 10.0 Å². The molecule has 1 aromatic carbocycles. The van der Waals surface area contributed by atoms with Gasteiger partial charge in [-0.25, -0.2) is 0 Å². The van der Waals surface area contributed by atoms with Gasteiger partial charge in [-0.3, -0.25) is 4.68 Å². The summed E-state index contributed by atoms with van der Waals surface area (Å²) < 4.78 is 1.92. The lowest BCUT2D eigenvalue weighted by molar-refractivity contribution is 0.570. The Morgan fingerprint density at radius 1 is 1.29 bits per heavy atom. The lowest BCUT2D eigenvalue weighted by Crippen LogP contribution is -2.29. The molecule has 0 saturated heterocycles. The van der Waals surface area contributed by atoms with E-state index in [0.717, 1.165) is 30.9 Å². The molecule has 0 spiro atoms. The van der Waals surface area contributed by atoms with Crippen LogP contribution in [0.3, 0.4) is 0 Å². The molecule has 0 amide bonds. The predicted octanol–water partition coefficient (Wildman–Crippen LogP) is 3.88. The Bertz CT molecular complexity index is 627. The molecule has 0 bridgehead atoms. The molecule has 21 heavy (non-hydrogen) atoms. The van der Waals surface area contributed by atoms with Crippen LogP contribution in [-0.2, 0) is 6.54 Å². The van der Waals surface area contributed by atoms with Crippen molar-refractivity contribution in [2.24, 2.45) is 0 Å². The molecule has 2 N–H and O–H groups in total. The van der Waals surface area contributed by atoms with E-state index in [9.17, 15) is 0 Å². The highest BCUT2D eigenvalue weighted by Gasteiger charge is 2.01. The van der Waals surface area contributed by atoms with Crippen LogP contribution < -0.4 is 10.6 Å². The van der Waals surface area contributed by atoms with E-state index >= 15 is 0 Å². The van der Waals surface area contributed by atoms with E-state index in [4.69, 9.17) is 35.4 Å². The summed E-state index contributed by atoms with van der Waals surface area (Å²) in [6, 6.07) is 7.29. The summed E-state index contributed by atoms with van der Waals surface area (Å²) in [6.07, 6.45) is 2.91. The Balaban J connectivity index is 1.71. The number of rotatable bonds is 5. The second-order valence-corrected chi connectivity index (χ2v) is 5.81. The van der Waals surface area contributed by atoms with Gasteiger partial charge in [0, 0.05) is 25.0 Å². The van der Waals surface area contributed by atoms with Gasteiger partial charge in [0.25, 0.3) is 0 Å². The maximum atomic E-state index is 5.95. The van der Waals surface area contributed by atoms with Crippen molar-refractivity contribution < 1.29 is 0 Å². The van der Waals surface area contributed by atoms with Crippen molar-refractivity contribution in [1.29, 1.82) is 0 Å². The first kappa shape index (κ1) is 16.1. The summed E-state index contributed by atoms with van der Waals surface area (Å²) in [5, 5.41) is 12.1. The Hall–Kier alpha value is -1.30. The van der Waals surface area contributed by atoms with Crippen molar-refractivity contribution in [1.82, 2.24) is 15.1 Å². The van der Waals surface area contributed by atoms with Crippen molar-refractivity contribution in [2.45, 2.75) is 19.9 Å². The number of hydrogen-bond donors (Lipinski definition) is 2. The average molecular weight is 343 g/mol. The van der Waals surface area contributed by atoms with E-state index in [2.05, 4.69) is 15.7 Å². The van der Waals surface area contributed by atoms with Gasteiger partial charge in [0.2, 0.25) is 0 Å². The van der Waals surface area contributed by atoms with Crippen LogP contribution in [0.4, 0.5) is 5.69 Å². The number of aryl methyl sites for hydroxylation is 2. The molecule has 0 aliphatic rings. The van der Waals surface area contributed by atoms with Gasteiger partial charge in [-0.05, 0) is 49.8 Å². The fourth-order valence-corrected chi connectivity index (χ4v) is 2.30. The quantitative estimate of drug-likeness (QED) is 0.639. The van der Waals surface area contributed by atoms with Crippen molar-refractivity contribution >= 4 is 46.2 Å². The van der Waals surface area contributed by atoms with Gasteiger partial charge < -0.3 is 10.6 Å². The number of halogens is 2. The van der Waals surface area contributed by atoms with E-state index in [0.29, 0.717) is 15.2 Å². The largest absolute Gasteiger partial charge is 0.362 e. The van der Waals surface area contributed by atoms with Gasteiger partial charge >= 0.3 is 0 Å². The molecule has 7 heteroatoms. The molecular formula is C14H16Cl2N4S. The van der Waals surface area contributed by atoms with Gasteiger partial charge in [0.15, 0.2) is 5.11 Å². The van der Waals surface area contributed by atoms with Crippen LogP contribution in [0.15, 0.2) is 30.5 Å². The van der Waals surface area contributed by atoms with Crippen LogP contribution in [0.5, 0.6) is 0 Å². The minimum atomic E-state index is 0.499. The standard InChI is InChI=1S/C14H16Cl2N4S/c1-10-5-8-20(19-10)7-2-6-17-14(21)18-11-3-4-12(15)13(16)9-11/h3-5,8-9H,2,6-7H2,1H3,(H2,17,18,21). The molecule has 0 aliphatic carbocycles. The first-order valence-corrected chi connectivity index (χ1v) is 7.71. The summed E-state index contributed by atoms with van der Waals surface area (Å²) in [7, 11) is 0. The van der Waals surface area contributed by atoms with Gasteiger partial charge in [0.1, 0.15) is 0 Å².